The van der Waals surface area contributed by atoms with Gasteiger partial charge in [0.2, 0.25) is 5.91 Å². The van der Waals surface area contributed by atoms with Gasteiger partial charge in [-0.3, -0.25) is 19.2 Å². The van der Waals surface area contributed by atoms with Gasteiger partial charge in [0, 0.05) is 29.0 Å². The van der Waals surface area contributed by atoms with Gasteiger partial charge in [-0.05, 0) is 86.5 Å². The molecule has 266 valence electrons. The van der Waals surface area contributed by atoms with Crippen LogP contribution >= 0.6 is 0 Å². The van der Waals surface area contributed by atoms with Crippen molar-refractivity contribution in [2.75, 3.05) is 19.1 Å². The van der Waals surface area contributed by atoms with Crippen LogP contribution in [0.15, 0.2) is 115 Å². The number of Topliss-reactive ketones (excluding diaryl/α,β-unsaturated/α-hetero) is 2. The minimum atomic E-state index is -1.93. The molecule has 0 saturated heterocycles. The summed E-state index contributed by atoms with van der Waals surface area (Å²) >= 11 is 0. The molecule has 52 heavy (non-hydrogen) atoms. The molecule has 3 atom stereocenters. The Labute approximate surface area is 301 Å². The molecule has 0 bridgehead atoms. The van der Waals surface area contributed by atoms with E-state index in [9.17, 15) is 19.2 Å². The first-order valence-corrected chi connectivity index (χ1v) is 16.8. The molecule has 0 radical (unpaired) electrons. The number of allylic oxidation sites excluding steroid dienone is 1. The van der Waals surface area contributed by atoms with E-state index < -0.39 is 46.6 Å². The van der Waals surface area contributed by atoms with Gasteiger partial charge in [-0.15, -0.1) is 0 Å². The summed E-state index contributed by atoms with van der Waals surface area (Å²) in [5.74, 6) is -4.08. The fraction of sp³-hybridized carbons (Fsp3) is 0.262. The van der Waals surface area contributed by atoms with Crippen molar-refractivity contribution in [3.63, 3.8) is 0 Å². The minimum Gasteiger partial charge on any atom is -0.497 e. The molecule has 0 N–H and O–H groups in total. The third kappa shape index (κ3) is 6.59. The van der Waals surface area contributed by atoms with Gasteiger partial charge in [-0.25, -0.2) is 9.69 Å². The van der Waals surface area contributed by atoms with E-state index in [-0.39, 0.29) is 35.6 Å². The van der Waals surface area contributed by atoms with Crippen LogP contribution in [-0.2, 0) is 31.1 Å². The monoisotopic (exact) mass is 701 g/mol. The van der Waals surface area contributed by atoms with Crippen LogP contribution in [0.4, 0.5) is 10.5 Å². The van der Waals surface area contributed by atoms with Crippen LogP contribution in [0, 0.1) is 11.8 Å². The summed E-state index contributed by atoms with van der Waals surface area (Å²) < 4.78 is 22.2. The Morgan fingerprint density at radius 2 is 1.33 bits per heavy atom. The maximum Gasteiger partial charge on any atom is 0.421 e. The highest BCUT2D eigenvalue weighted by Gasteiger charge is 2.68. The Balaban J connectivity index is 1.54. The lowest BCUT2D eigenvalue weighted by molar-refractivity contribution is -0.153. The number of hydrogen-bond acceptors (Lipinski definition) is 9. The number of carbonyl (C=O) groups excluding carboxylic acids is 5. The van der Waals surface area contributed by atoms with E-state index in [1.165, 1.54) is 20.3 Å². The van der Waals surface area contributed by atoms with Gasteiger partial charge in [-0.2, -0.15) is 0 Å². The first-order chi connectivity index (χ1) is 24.9. The zero-order chi connectivity index (χ0) is 37.2. The number of fused-ring (bicyclic) bond motifs is 2. The van der Waals surface area contributed by atoms with Crippen LogP contribution in [0.3, 0.4) is 0 Å². The number of methoxy groups -OCH3 is 2. The van der Waals surface area contributed by atoms with Crippen LogP contribution in [0.1, 0.15) is 59.0 Å². The molecule has 4 aromatic rings. The van der Waals surface area contributed by atoms with E-state index in [0.29, 0.717) is 28.2 Å². The number of esters is 1. The summed E-state index contributed by atoms with van der Waals surface area (Å²) in [5, 5.41) is 0. The molecule has 2 aliphatic rings. The summed E-state index contributed by atoms with van der Waals surface area (Å²) in [5.41, 5.74) is -1.17. The minimum absolute atomic E-state index is 0.0232. The van der Waals surface area contributed by atoms with Crippen LogP contribution < -0.4 is 14.4 Å². The van der Waals surface area contributed by atoms with Crippen LogP contribution in [0.2, 0.25) is 0 Å². The standard InChI is InChI=1S/C42H39NO9/c1-41(2,3)52-40(48)43-34-14-10-9-13-33(34)42(39(43)47)29(24-35(44)27-15-19-30(49-4)20-16-27)23-32(37(45)28-17-21-31(50-5)22-18-28)36(42)38(46)51-25-26-11-7-6-8-12-26/h6-23,29,36H,24-25H2,1-5H3/t29-,36+,42-/m0/s1. The Morgan fingerprint density at radius 1 is 0.750 bits per heavy atom. The molecule has 6 rings (SSSR count). The fourth-order valence-electron chi connectivity index (χ4n) is 7.01. The third-order valence-electron chi connectivity index (χ3n) is 9.35. The highest BCUT2D eigenvalue weighted by Crippen LogP contribution is 2.59. The van der Waals surface area contributed by atoms with E-state index in [0.717, 1.165) is 4.90 Å². The topological polar surface area (TPSA) is 126 Å². The summed E-state index contributed by atoms with van der Waals surface area (Å²) in [7, 11) is 3.02. The number of para-hydroxylation sites is 1. The normalized spacial score (nSPS) is 19.1. The van der Waals surface area contributed by atoms with Gasteiger partial charge in [0.05, 0.1) is 19.9 Å². The van der Waals surface area contributed by atoms with Gasteiger partial charge in [-0.1, -0.05) is 54.6 Å². The second-order valence-electron chi connectivity index (χ2n) is 13.7. The fourth-order valence-corrected chi connectivity index (χ4v) is 7.01. The number of carbonyl (C=O) groups is 5. The van der Waals surface area contributed by atoms with Crippen molar-refractivity contribution in [2.45, 2.75) is 44.8 Å². The van der Waals surface area contributed by atoms with Crippen molar-refractivity contribution in [2.24, 2.45) is 11.8 Å². The van der Waals surface area contributed by atoms with E-state index in [1.807, 2.05) is 6.07 Å². The Kier molecular flexibility index (Phi) is 9.84. The van der Waals surface area contributed by atoms with Crippen molar-refractivity contribution in [1.82, 2.24) is 0 Å². The first kappa shape index (κ1) is 35.8. The maximum absolute atomic E-state index is 15.2. The number of ether oxygens (including phenoxy) is 4. The van der Waals surface area contributed by atoms with Crippen molar-refractivity contribution in [3.05, 3.63) is 137 Å². The number of amides is 2. The zero-order valence-electron chi connectivity index (χ0n) is 29.6. The number of anilines is 1. The van der Waals surface area contributed by atoms with E-state index in [4.69, 9.17) is 18.9 Å². The highest BCUT2D eigenvalue weighted by atomic mass is 16.6. The summed E-state index contributed by atoms with van der Waals surface area (Å²) in [6.45, 7) is 4.89. The number of rotatable bonds is 10. The van der Waals surface area contributed by atoms with Gasteiger partial charge in [0.1, 0.15) is 35.0 Å². The first-order valence-electron chi connectivity index (χ1n) is 16.8. The summed E-state index contributed by atoms with van der Waals surface area (Å²) in [4.78, 5) is 73.2. The van der Waals surface area contributed by atoms with Crippen LogP contribution in [0.25, 0.3) is 0 Å². The molecule has 1 aliphatic heterocycles. The average Bonchev–Trinajstić information content (AvgIpc) is 3.62. The Bertz CT molecular complexity index is 2050. The molecule has 0 unspecified atom stereocenters. The molecule has 4 aromatic carbocycles. The van der Waals surface area contributed by atoms with Crippen LogP contribution in [0.5, 0.6) is 11.5 Å². The lowest BCUT2D eigenvalue weighted by Gasteiger charge is -2.35. The molecular formula is C42H39NO9. The maximum atomic E-state index is 15.2. The quantitative estimate of drug-likeness (QED) is 0.124. The van der Waals surface area contributed by atoms with Crippen LogP contribution in [-0.4, -0.2) is 49.4 Å². The molecule has 1 spiro atoms. The summed E-state index contributed by atoms with van der Waals surface area (Å²) in [6, 6.07) is 28.5. The van der Waals surface area contributed by atoms with Gasteiger partial charge < -0.3 is 18.9 Å². The second-order valence-corrected chi connectivity index (χ2v) is 13.7. The van der Waals surface area contributed by atoms with Crippen molar-refractivity contribution in [1.29, 1.82) is 0 Å². The number of hydrogen-bond donors (Lipinski definition) is 0. The van der Waals surface area contributed by atoms with Gasteiger partial charge >= 0.3 is 12.1 Å². The largest absolute Gasteiger partial charge is 0.497 e. The van der Waals surface area contributed by atoms with E-state index in [2.05, 4.69) is 0 Å². The molecule has 2 amide bonds. The third-order valence-corrected chi connectivity index (χ3v) is 9.35. The molecular weight excluding hydrogens is 662 g/mol. The van der Waals surface area contributed by atoms with Crippen molar-refractivity contribution in [3.8, 4) is 11.5 Å². The smallest absolute Gasteiger partial charge is 0.421 e. The van der Waals surface area contributed by atoms with Crippen molar-refractivity contribution >= 4 is 35.2 Å². The number of benzene rings is 4. The predicted molar refractivity (Wildman–Crippen MR) is 192 cm³/mol. The SMILES string of the molecule is COc1ccc(C(=O)C[C@@H]2C=C(C(=O)c3ccc(OC)cc3)[C@H](C(=O)OCc3ccccc3)[C@]23C(=O)N(C(=O)OC(C)(C)C)c2ccccc23)cc1. The van der Waals surface area contributed by atoms with Crippen molar-refractivity contribution < 1.29 is 42.9 Å². The zero-order valence-corrected chi connectivity index (χ0v) is 29.6. The molecule has 10 heteroatoms. The predicted octanol–water partition coefficient (Wildman–Crippen LogP) is 7.30. The van der Waals surface area contributed by atoms with Gasteiger partial charge in [0.15, 0.2) is 11.6 Å². The molecule has 0 saturated carbocycles. The number of ketones is 2. The lowest BCUT2D eigenvalue weighted by atomic mass is 9.64. The van der Waals surface area contributed by atoms with Gasteiger partial charge in [0.25, 0.3) is 0 Å². The molecule has 0 fully saturated rings. The second kappa shape index (κ2) is 14.3. The van der Waals surface area contributed by atoms with E-state index >= 15 is 4.79 Å². The number of nitrogens with zero attached hydrogens (tertiary/aromatic N) is 1. The highest BCUT2D eigenvalue weighted by molar-refractivity contribution is 6.25. The molecule has 0 aromatic heterocycles. The molecule has 1 heterocycles. The Hall–Kier alpha value is -6.03. The Morgan fingerprint density at radius 3 is 1.92 bits per heavy atom. The molecule has 1 aliphatic carbocycles. The lowest BCUT2D eigenvalue weighted by Crippen LogP contribution is -2.53. The number of imide groups is 1. The average molecular weight is 702 g/mol. The summed E-state index contributed by atoms with van der Waals surface area (Å²) in [6.07, 6.45) is 0.306. The molecule has 10 nitrogen and oxygen atoms in total. The van der Waals surface area contributed by atoms with E-state index in [1.54, 1.807) is 118 Å².